The molecule has 6 nitrogen and oxygen atoms in total. The molecular formula is C24H25NO5. The number of benzene rings is 2. The van der Waals surface area contributed by atoms with Crippen LogP contribution in [0.1, 0.15) is 29.6 Å². The van der Waals surface area contributed by atoms with Crippen LogP contribution < -0.4 is 10.1 Å². The molecule has 6 heteroatoms. The molecular weight excluding hydrogens is 382 g/mol. The minimum Gasteiger partial charge on any atom is -0.497 e. The number of Topliss-reactive ketones (excluding diaryl/α,β-unsaturated/α-hetero) is 1. The number of ketones is 1. The zero-order valence-electron chi connectivity index (χ0n) is 16.9. The molecule has 4 atom stereocenters. The fourth-order valence-electron chi connectivity index (χ4n) is 4.93. The summed E-state index contributed by atoms with van der Waals surface area (Å²) in [6.07, 6.45) is 2.77. The number of hydrogen-bond acceptors (Lipinski definition) is 5. The van der Waals surface area contributed by atoms with Crippen molar-refractivity contribution < 1.29 is 23.9 Å². The summed E-state index contributed by atoms with van der Waals surface area (Å²) in [4.78, 5) is 38.2. The van der Waals surface area contributed by atoms with Crippen LogP contribution in [-0.2, 0) is 14.3 Å². The second kappa shape index (κ2) is 8.69. The molecule has 0 aliphatic heterocycles. The maximum atomic E-state index is 13.1. The number of esters is 1. The van der Waals surface area contributed by atoms with Crippen molar-refractivity contribution in [2.45, 2.75) is 19.3 Å². The van der Waals surface area contributed by atoms with Gasteiger partial charge in [-0.3, -0.25) is 14.4 Å². The van der Waals surface area contributed by atoms with E-state index < -0.39 is 17.8 Å². The molecule has 1 amide bonds. The molecule has 0 radical (unpaired) electrons. The third-order valence-electron chi connectivity index (χ3n) is 6.25. The van der Waals surface area contributed by atoms with Crippen molar-refractivity contribution in [2.24, 2.45) is 23.7 Å². The molecule has 4 rings (SSSR count). The Bertz CT molecular complexity index is 942. The molecule has 2 saturated carbocycles. The molecule has 2 aromatic rings. The first kappa shape index (κ1) is 20.1. The second-order valence-corrected chi connectivity index (χ2v) is 8.00. The van der Waals surface area contributed by atoms with Crippen LogP contribution in [0.15, 0.2) is 54.6 Å². The molecule has 0 saturated heterocycles. The highest BCUT2D eigenvalue weighted by Crippen LogP contribution is 2.53. The van der Waals surface area contributed by atoms with E-state index >= 15 is 0 Å². The number of fused-ring (bicyclic) bond motifs is 2. The largest absolute Gasteiger partial charge is 0.497 e. The Kier molecular flexibility index (Phi) is 5.84. The van der Waals surface area contributed by atoms with E-state index in [1.54, 1.807) is 43.5 Å². The van der Waals surface area contributed by atoms with E-state index in [4.69, 9.17) is 9.47 Å². The summed E-state index contributed by atoms with van der Waals surface area (Å²) in [7, 11) is 1.55. The average Bonchev–Trinajstić information content (AvgIpc) is 3.39. The Balaban J connectivity index is 1.39. The maximum Gasteiger partial charge on any atom is 0.310 e. The lowest BCUT2D eigenvalue weighted by Gasteiger charge is -2.28. The quantitative estimate of drug-likeness (QED) is 0.559. The molecule has 1 N–H and O–H groups in total. The van der Waals surface area contributed by atoms with Crippen LogP contribution in [0.4, 0.5) is 5.69 Å². The molecule has 0 heterocycles. The number of carbonyl (C=O) groups excluding carboxylic acids is 3. The van der Waals surface area contributed by atoms with Crippen LogP contribution in [0.2, 0.25) is 0 Å². The van der Waals surface area contributed by atoms with Crippen molar-refractivity contribution in [1.29, 1.82) is 0 Å². The minimum absolute atomic E-state index is 0.00517. The van der Waals surface area contributed by atoms with Crippen LogP contribution in [-0.4, -0.2) is 31.4 Å². The molecule has 0 spiro atoms. The fraction of sp³-hybridized carbons (Fsp3) is 0.375. The molecule has 2 aromatic carbocycles. The number of hydrogen-bond donors (Lipinski definition) is 1. The van der Waals surface area contributed by atoms with E-state index in [1.165, 1.54) is 0 Å². The Hall–Kier alpha value is -3.15. The monoisotopic (exact) mass is 407 g/mol. The van der Waals surface area contributed by atoms with Gasteiger partial charge < -0.3 is 14.8 Å². The van der Waals surface area contributed by atoms with Gasteiger partial charge >= 0.3 is 5.97 Å². The highest BCUT2D eigenvalue weighted by Gasteiger charge is 2.54. The summed E-state index contributed by atoms with van der Waals surface area (Å²) >= 11 is 0. The average molecular weight is 407 g/mol. The SMILES string of the molecule is COc1cccc(NC(=O)COC(=O)[C@@H]2[C@H]3CC[C@@H](C3)[C@H]2C(=O)c2ccccc2)c1. The highest BCUT2D eigenvalue weighted by atomic mass is 16.5. The summed E-state index contributed by atoms with van der Waals surface area (Å²) < 4.78 is 10.5. The van der Waals surface area contributed by atoms with Gasteiger partial charge in [-0.2, -0.15) is 0 Å². The summed E-state index contributed by atoms with van der Waals surface area (Å²) in [6.45, 7) is -0.379. The first-order valence-corrected chi connectivity index (χ1v) is 10.3. The fourth-order valence-corrected chi connectivity index (χ4v) is 4.93. The van der Waals surface area contributed by atoms with Gasteiger partial charge in [0.05, 0.1) is 13.0 Å². The number of nitrogens with one attached hydrogen (secondary N) is 1. The smallest absolute Gasteiger partial charge is 0.310 e. The molecule has 2 aliphatic rings. The van der Waals surface area contributed by atoms with Gasteiger partial charge in [0.2, 0.25) is 0 Å². The Morgan fingerprint density at radius 3 is 2.43 bits per heavy atom. The van der Waals surface area contributed by atoms with Crippen LogP contribution in [0.3, 0.4) is 0 Å². The van der Waals surface area contributed by atoms with Crippen LogP contribution in [0, 0.1) is 23.7 Å². The summed E-state index contributed by atoms with van der Waals surface area (Å²) in [5, 5.41) is 2.69. The number of amides is 1. The zero-order chi connectivity index (χ0) is 21.1. The molecule has 2 bridgehead atoms. The van der Waals surface area contributed by atoms with Crippen molar-refractivity contribution in [2.75, 3.05) is 19.0 Å². The molecule has 2 fully saturated rings. The van der Waals surface area contributed by atoms with Crippen molar-refractivity contribution in [1.82, 2.24) is 0 Å². The maximum absolute atomic E-state index is 13.1. The van der Waals surface area contributed by atoms with Crippen molar-refractivity contribution in [3.05, 3.63) is 60.2 Å². The molecule has 156 valence electrons. The van der Waals surface area contributed by atoms with Crippen molar-refractivity contribution in [3.63, 3.8) is 0 Å². The Morgan fingerprint density at radius 2 is 1.70 bits per heavy atom. The van der Waals surface area contributed by atoms with Crippen LogP contribution in [0.5, 0.6) is 5.75 Å². The highest BCUT2D eigenvalue weighted by molar-refractivity contribution is 6.01. The van der Waals surface area contributed by atoms with Crippen LogP contribution >= 0.6 is 0 Å². The Morgan fingerprint density at radius 1 is 0.967 bits per heavy atom. The Labute approximate surface area is 175 Å². The predicted octanol–water partition coefficient (Wildman–Crippen LogP) is 3.72. The third-order valence-corrected chi connectivity index (χ3v) is 6.25. The van der Waals surface area contributed by atoms with E-state index in [2.05, 4.69) is 5.32 Å². The number of carbonyl (C=O) groups is 3. The van der Waals surface area contributed by atoms with E-state index in [-0.39, 0.29) is 30.1 Å². The van der Waals surface area contributed by atoms with Gasteiger partial charge in [0.25, 0.3) is 5.91 Å². The lowest BCUT2D eigenvalue weighted by atomic mass is 9.75. The van der Waals surface area contributed by atoms with Gasteiger partial charge in [0.15, 0.2) is 12.4 Å². The third kappa shape index (κ3) is 4.08. The zero-order valence-corrected chi connectivity index (χ0v) is 16.9. The van der Waals surface area contributed by atoms with E-state index in [9.17, 15) is 14.4 Å². The lowest BCUT2D eigenvalue weighted by molar-refractivity contribution is -0.154. The number of anilines is 1. The summed E-state index contributed by atoms with van der Waals surface area (Å²) in [6, 6.07) is 16.1. The predicted molar refractivity (Wildman–Crippen MR) is 111 cm³/mol. The van der Waals surface area contributed by atoms with Gasteiger partial charge in [0.1, 0.15) is 5.75 Å². The van der Waals surface area contributed by atoms with Gasteiger partial charge in [-0.1, -0.05) is 36.4 Å². The summed E-state index contributed by atoms with van der Waals surface area (Å²) in [5.41, 5.74) is 1.19. The lowest BCUT2D eigenvalue weighted by Crippen LogP contribution is -2.37. The van der Waals surface area contributed by atoms with Crippen molar-refractivity contribution in [3.8, 4) is 5.75 Å². The van der Waals surface area contributed by atoms with Crippen LogP contribution in [0.25, 0.3) is 0 Å². The van der Waals surface area contributed by atoms with Gasteiger partial charge in [-0.05, 0) is 43.2 Å². The summed E-state index contributed by atoms with van der Waals surface area (Å²) in [5.74, 6) is -0.712. The standard InChI is InChI=1S/C24H25NO5/c1-29-19-9-5-8-18(13-19)25-20(26)14-30-24(28)22-17-11-10-16(12-17)21(22)23(27)15-6-3-2-4-7-15/h2-9,13,16-17,21-22H,10-12,14H2,1H3,(H,25,26)/t16-,17-,21+,22+/m0/s1. The normalized spacial score (nSPS) is 24.3. The first-order chi connectivity index (χ1) is 14.6. The van der Waals surface area contributed by atoms with E-state index in [1.807, 2.05) is 18.2 Å². The topological polar surface area (TPSA) is 81.7 Å². The van der Waals surface area contributed by atoms with Gasteiger partial charge in [-0.25, -0.2) is 0 Å². The van der Waals surface area contributed by atoms with Gasteiger partial charge in [0, 0.05) is 23.2 Å². The van der Waals surface area contributed by atoms with E-state index in [0.29, 0.717) is 17.0 Å². The minimum atomic E-state index is -0.471. The number of methoxy groups -OCH3 is 1. The molecule has 30 heavy (non-hydrogen) atoms. The number of ether oxygens (including phenoxy) is 2. The molecule has 0 aromatic heterocycles. The van der Waals surface area contributed by atoms with E-state index in [0.717, 1.165) is 19.3 Å². The van der Waals surface area contributed by atoms with Gasteiger partial charge in [-0.15, -0.1) is 0 Å². The number of rotatable bonds is 7. The second-order valence-electron chi connectivity index (χ2n) is 8.00. The van der Waals surface area contributed by atoms with Crippen molar-refractivity contribution >= 4 is 23.3 Å². The molecule has 0 unspecified atom stereocenters. The molecule has 2 aliphatic carbocycles. The first-order valence-electron chi connectivity index (χ1n) is 10.3.